The molecule has 0 saturated carbocycles. The maximum Gasteiger partial charge on any atom is 0.325 e. The number of para-hydroxylation sites is 1. The molecule has 0 fully saturated rings. The lowest BCUT2D eigenvalue weighted by atomic mass is 10.2. The first-order valence-electron chi connectivity index (χ1n) is 6.73. The molecule has 1 N–H and O–H groups in total. The van der Waals surface area contributed by atoms with Gasteiger partial charge in [-0.05, 0) is 30.8 Å². The molecule has 0 saturated heterocycles. The van der Waals surface area contributed by atoms with Gasteiger partial charge < -0.3 is 19.7 Å². The van der Waals surface area contributed by atoms with E-state index < -0.39 is 5.97 Å². The minimum atomic E-state index is -0.432. The first-order chi connectivity index (χ1) is 10.5. The summed E-state index contributed by atoms with van der Waals surface area (Å²) < 4.78 is 9.26. The lowest BCUT2D eigenvalue weighted by Gasteiger charge is -2.24. The van der Waals surface area contributed by atoms with Crippen molar-refractivity contribution in [2.75, 3.05) is 32.6 Å². The average molecular weight is 324 g/mol. The third-order valence-corrected chi connectivity index (χ3v) is 3.40. The fraction of sp³-hybridized carbons (Fsp3) is 0.400. The minimum absolute atomic E-state index is 0.0365. The molecule has 0 aliphatic heterocycles. The maximum atomic E-state index is 11.5. The Morgan fingerprint density at radius 3 is 2.41 bits per heavy atom. The maximum absolute atomic E-state index is 11.5. The predicted molar refractivity (Wildman–Crippen MR) is 87.6 cm³/mol. The van der Waals surface area contributed by atoms with Crippen molar-refractivity contribution in [1.82, 2.24) is 4.90 Å². The molecule has 0 atom stereocenters. The zero-order valence-electron chi connectivity index (χ0n) is 12.9. The molecule has 0 radical (unpaired) electrons. The Bertz CT molecular complexity index is 548. The van der Waals surface area contributed by atoms with Crippen molar-refractivity contribution < 1.29 is 19.1 Å². The van der Waals surface area contributed by atoms with E-state index in [-0.39, 0.29) is 25.5 Å². The van der Waals surface area contributed by atoms with E-state index >= 15 is 0 Å². The third kappa shape index (κ3) is 5.69. The Morgan fingerprint density at radius 1 is 1.18 bits per heavy atom. The van der Waals surface area contributed by atoms with Crippen LogP contribution in [-0.2, 0) is 19.1 Å². The number of ether oxygens (including phenoxy) is 2. The quantitative estimate of drug-likeness (QED) is 0.631. The summed E-state index contributed by atoms with van der Waals surface area (Å²) in [5.74, 6) is -0.799. The van der Waals surface area contributed by atoms with Crippen molar-refractivity contribution in [2.45, 2.75) is 13.3 Å². The van der Waals surface area contributed by atoms with E-state index in [4.69, 9.17) is 12.2 Å². The first kappa shape index (κ1) is 17.9. The molecular formula is C15H20N2O4S. The van der Waals surface area contributed by atoms with E-state index in [0.717, 1.165) is 11.3 Å². The van der Waals surface area contributed by atoms with E-state index in [1.54, 1.807) is 4.90 Å². The fourth-order valence-electron chi connectivity index (χ4n) is 1.71. The number of anilines is 1. The third-order valence-electron chi connectivity index (χ3n) is 3.04. The smallest absolute Gasteiger partial charge is 0.325 e. The van der Waals surface area contributed by atoms with E-state index in [2.05, 4.69) is 14.8 Å². The van der Waals surface area contributed by atoms with Gasteiger partial charge in [-0.1, -0.05) is 18.2 Å². The van der Waals surface area contributed by atoms with Crippen LogP contribution in [0.15, 0.2) is 24.3 Å². The number of thiocarbonyl (C=S) groups is 1. The Hall–Kier alpha value is -2.15. The number of hydrogen-bond acceptors (Lipinski definition) is 5. The summed E-state index contributed by atoms with van der Waals surface area (Å²) in [7, 11) is 2.62. The number of aryl methyl sites for hydroxylation is 1. The molecule has 0 spiro atoms. The molecular weight excluding hydrogens is 304 g/mol. The van der Waals surface area contributed by atoms with Crippen LogP contribution in [0.5, 0.6) is 0 Å². The molecule has 0 bridgehead atoms. The highest BCUT2D eigenvalue weighted by atomic mass is 32.1. The minimum Gasteiger partial charge on any atom is -0.469 e. The van der Waals surface area contributed by atoms with Crippen LogP contribution < -0.4 is 5.32 Å². The number of rotatable bonds is 6. The molecule has 0 aliphatic carbocycles. The van der Waals surface area contributed by atoms with Gasteiger partial charge in [-0.25, -0.2) is 0 Å². The highest BCUT2D eigenvalue weighted by Gasteiger charge is 2.16. The molecule has 0 aliphatic rings. The largest absolute Gasteiger partial charge is 0.469 e. The number of hydrogen-bond donors (Lipinski definition) is 1. The standard InChI is InChI=1S/C15H20N2O4S/c1-11-6-4-5-7-12(11)16-15(22)17(10-14(19)21-3)9-8-13(18)20-2/h4-7H,8-10H2,1-3H3,(H,16,22). The molecule has 0 unspecified atom stereocenters. The van der Waals surface area contributed by atoms with Gasteiger partial charge in [-0.15, -0.1) is 0 Å². The molecule has 22 heavy (non-hydrogen) atoms. The van der Waals surface area contributed by atoms with Gasteiger partial charge in [-0.2, -0.15) is 0 Å². The van der Waals surface area contributed by atoms with E-state index in [1.807, 2.05) is 31.2 Å². The lowest BCUT2D eigenvalue weighted by Crippen LogP contribution is -2.40. The van der Waals surface area contributed by atoms with E-state index in [1.165, 1.54) is 14.2 Å². The number of nitrogens with one attached hydrogen (secondary N) is 1. The van der Waals surface area contributed by atoms with Crippen LogP contribution in [0, 0.1) is 6.92 Å². The molecule has 7 heteroatoms. The number of carbonyl (C=O) groups excluding carboxylic acids is 2. The van der Waals surface area contributed by atoms with Gasteiger partial charge in [0.2, 0.25) is 0 Å². The van der Waals surface area contributed by atoms with Crippen LogP contribution >= 0.6 is 12.2 Å². The summed E-state index contributed by atoms with van der Waals surface area (Å²) in [5, 5.41) is 3.43. The summed E-state index contributed by atoms with van der Waals surface area (Å²) in [5.41, 5.74) is 1.87. The summed E-state index contributed by atoms with van der Waals surface area (Å²) in [6.45, 7) is 2.18. The topological polar surface area (TPSA) is 67.9 Å². The van der Waals surface area contributed by atoms with Crippen molar-refractivity contribution in [3.63, 3.8) is 0 Å². The summed E-state index contributed by atoms with van der Waals surface area (Å²) in [6, 6.07) is 7.65. The molecule has 1 aromatic rings. The second-order valence-electron chi connectivity index (χ2n) is 4.57. The van der Waals surface area contributed by atoms with Crippen LogP contribution in [0.25, 0.3) is 0 Å². The van der Waals surface area contributed by atoms with Crippen molar-refractivity contribution in [3.05, 3.63) is 29.8 Å². The summed E-state index contributed by atoms with van der Waals surface area (Å²) in [6.07, 6.45) is 0.128. The van der Waals surface area contributed by atoms with Crippen molar-refractivity contribution in [1.29, 1.82) is 0 Å². The van der Waals surface area contributed by atoms with Gasteiger partial charge in [0, 0.05) is 12.2 Å². The summed E-state index contributed by atoms with van der Waals surface area (Å²) >= 11 is 5.33. The predicted octanol–water partition coefficient (Wildman–Crippen LogP) is 1.73. The Labute approximate surface area is 135 Å². The van der Waals surface area contributed by atoms with Crippen LogP contribution in [0.1, 0.15) is 12.0 Å². The fourth-order valence-corrected chi connectivity index (χ4v) is 1.97. The molecule has 0 amide bonds. The van der Waals surface area contributed by atoms with Gasteiger partial charge in [0.25, 0.3) is 0 Å². The first-order valence-corrected chi connectivity index (χ1v) is 7.14. The molecule has 1 rings (SSSR count). The van der Waals surface area contributed by atoms with Crippen LogP contribution in [0.2, 0.25) is 0 Å². The Balaban J connectivity index is 2.75. The SMILES string of the molecule is COC(=O)CCN(CC(=O)OC)C(=S)Nc1ccccc1C. The molecule has 1 aromatic carbocycles. The monoisotopic (exact) mass is 324 g/mol. The van der Waals surface area contributed by atoms with Crippen molar-refractivity contribution in [2.24, 2.45) is 0 Å². The van der Waals surface area contributed by atoms with Gasteiger partial charge >= 0.3 is 11.9 Å². The second-order valence-corrected chi connectivity index (χ2v) is 4.96. The Morgan fingerprint density at radius 2 is 1.82 bits per heavy atom. The average Bonchev–Trinajstić information content (AvgIpc) is 2.52. The van der Waals surface area contributed by atoms with Crippen molar-refractivity contribution >= 4 is 35.0 Å². The van der Waals surface area contributed by atoms with Gasteiger partial charge in [0.1, 0.15) is 6.54 Å². The highest BCUT2D eigenvalue weighted by molar-refractivity contribution is 7.80. The van der Waals surface area contributed by atoms with E-state index in [0.29, 0.717) is 5.11 Å². The summed E-state index contributed by atoms with van der Waals surface area (Å²) in [4.78, 5) is 24.3. The number of esters is 2. The number of nitrogens with zero attached hydrogens (tertiary/aromatic N) is 1. The number of methoxy groups -OCH3 is 2. The highest BCUT2D eigenvalue weighted by Crippen LogP contribution is 2.14. The molecule has 0 heterocycles. The lowest BCUT2D eigenvalue weighted by molar-refractivity contribution is -0.143. The number of carbonyl (C=O) groups is 2. The van der Waals surface area contributed by atoms with Gasteiger partial charge in [0.05, 0.1) is 20.6 Å². The normalized spacial score (nSPS) is 9.77. The number of benzene rings is 1. The van der Waals surface area contributed by atoms with Crippen molar-refractivity contribution in [3.8, 4) is 0 Å². The molecule has 120 valence electrons. The van der Waals surface area contributed by atoms with Crippen LogP contribution in [0.3, 0.4) is 0 Å². The zero-order valence-corrected chi connectivity index (χ0v) is 13.7. The van der Waals surface area contributed by atoms with Crippen LogP contribution in [-0.4, -0.2) is 49.3 Å². The van der Waals surface area contributed by atoms with Crippen LogP contribution in [0.4, 0.5) is 5.69 Å². The molecule has 0 aromatic heterocycles. The van der Waals surface area contributed by atoms with Gasteiger partial charge in [0.15, 0.2) is 5.11 Å². The van der Waals surface area contributed by atoms with E-state index in [9.17, 15) is 9.59 Å². The zero-order chi connectivity index (χ0) is 16.5. The van der Waals surface area contributed by atoms with Gasteiger partial charge in [-0.3, -0.25) is 9.59 Å². The second kappa shape index (κ2) is 8.99. The molecule has 6 nitrogen and oxygen atoms in total. The Kier molecular flexibility index (Phi) is 7.31.